The molecule has 5 heterocycles. The van der Waals surface area contributed by atoms with Gasteiger partial charge in [0.05, 0.1) is 49.6 Å². The Kier molecular flexibility index (Phi) is 8.23. The van der Waals surface area contributed by atoms with Crippen LogP contribution in [0.1, 0.15) is 57.4 Å². The summed E-state index contributed by atoms with van der Waals surface area (Å²) in [4.78, 5) is 18.9. The smallest absolute Gasteiger partial charge is 0.319 e. The first-order chi connectivity index (χ1) is 23.2. The van der Waals surface area contributed by atoms with Crippen LogP contribution in [0.2, 0.25) is 5.02 Å². The zero-order valence-corrected chi connectivity index (χ0v) is 28.5. The number of rotatable bonds is 7. The predicted molar refractivity (Wildman–Crippen MR) is 181 cm³/mol. The van der Waals surface area contributed by atoms with Crippen molar-refractivity contribution < 1.29 is 23.7 Å². The second-order valence-corrected chi connectivity index (χ2v) is 15.0. The van der Waals surface area contributed by atoms with E-state index in [9.17, 15) is 5.11 Å². The highest BCUT2D eigenvalue weighted by atomic mass is 35.5. The van der Waals surface area contributed by atoms with E-state index in [1.165, 1.54) is 0 Å². The van der Waals surface area contributed by atoms with Gasteiger partial charge in [-0.1, -0.05) is 18.0 Å². The number of nitrogens with zero attached hydrogens (tertiary/aromatic N) is 6. The first-order valence-electron chi connectivity index (χ1n) is 17.1. The molecule has 0 radical (unpaired) electrons. The number of hydrogen-bond donors (Lipinski definition) is 2. The van der Waals surface area contributed by atoms with Gasteiger partial charge in [0, 0.05) is 53.3 Å². The molecule has 2 saturated heterocycles. The predicted octanol–water partition coefficient (Wildman–Crippen LogP) is 5.45. The van der Waals surface area contributed by atoms with E-state index in [1.54, 1.807) is 32.5 Å². The summed E-state index contributed by atoms with van der Waals surface area (Å²) >= 11 is 6.58. The van der Waals surface area contributed by atoms with Crippen molar-refractivity contribution in [2.24, 2.45) is 5.41 Å². The molecule has 256 valence electrons. The number of aromatic amines is 1. The van der Waals surface area contributed by atoms with Crippen molar-refractivity contribution in [1.82, 2.24) is 30.0 Å². The minimum absolute atomic E-state index is 0.0122. The fourth-order valence-electron chi connectivity index (χ4n) is 8.74. The summed E-state index contributed by atoms with van der Waals surface area (Å²) in [5.74, 6) is -0.133. The summed E-state index contributed by atoms with van der Waals surface area (Å²) in [7, 11) is 1.80. The SMILES string of the molecule is COC1CC(N2CCCC3(COc4nc(N5CCOCC(C)(O)C5)c5cnc(-c6c(C)c(Cl)cc7[nH]ncc67)c(F)c5n4)CCCC23)C1. The average molecular weight is 680 g/mol. The summed E-state index contributed by atoms with van der Waals surface area (Å²) in [6, 6.07) is 2.89. The minimum atomic E-state index is -1.13. The van der Waals surface area contributed by atoms with Gasteiger partial charge < -0.3 is 24.2 Å². The van der Waals surface area contributed by atoms with Crippen LogP contribution in [-0.4, -0.2) is 106 Å². The Morgan fingerprint density at radius 1 is 1.17 bits per heavy atom. The molecule has 3 unspecified atom stereocenters. The molecule has 4 fully saturated rings. The third-order valence-corrected chi connectivity index (χ3v) is 11.7. The van der Waals surface area contributed by atoms with E-state index in [-0.39, 0.29) is 35.8 Å². The van der Waals surface area contributed by atoms with E-state index in [2.05, 4.69) is 20.1 Å². The number of hydrogen-bond acceptors (Lipinski definition) is 10. The molecule has 1 aromatic carbocycles. The third kappa shape index (κ3) is 5.49. The zero-order chi connectivity index (χ0) is 33.2. The molecular weight excluding hydrogens is 637 g/mol. The number of benzene rings is 1. The van der Waals surface area contributed by atoms with Crippen LogP contribution in [0.25, 0.3) is 33.1 Å². The number of anilines is 1. The van der Waals surface area contributed by atoms with Gasteiger partial charge in [0.25, 0.3) is 0 Å². The van der Waals surface area contributed by atoms with E-state index in [0.717, 1.165) is 51.5 Å². The van der Waals surface area contributed by atoms with E-state index in [4.69, 9.17) is 35.8 Å². The van der Waals surface area contributed by atoms with Gasteiger partial charge in [0.2, 0.25) is 0 Å². The van der Waals surface area contributed by atoms with Crippen LogP contribution in [0.3, 0.4) is 0 Å². The zero-order valence-electron chi connectivity index (χ0n) is 27.8. The van der Waals surface area contributed by atoms with Gasteiger partial charge in [-0.25, -0.2) is 4.39 Å². The Bertz CT molecular complexity index is 1850. The van der Waals surface area contributed by atoms with Crippen molar-refractivity contribution >= 4 is 39.2 Å². The number of nitrogens with one attached hydrogen (secondary N) is 1. The van der Waals surface area contributed by atoms with Crippen LogP contribution in [0, 0.1) is 18.2 Å². The first-order valence-corrected chi connectivity index (χ1v) is 17.5. The fourth-order valence-corrected chi connectivity index (χ4v) is 8.94. The Morgan fingerprint density at radius 3 is 2.83 bits per heavy atom. The maximum atomic E-state index is 16.9. The van der Waals surface area contributed by atoms with E-state index in [1.807, 2.05) is 11.8 Å². The van der Waals surface area contributed by atoms with Crippen LogP contribution < -0.4 is 9.64 Å². The number of pyridine rings is 1. The number of piperidine rings is 1. The maximum absolute atomic E-state index is 16.9. The molecule has 3 aromatic heterocycles. The van der Waals surface area contributed by atoms with Gasteiger partial charge in [-0.3, -0.25) is 15.0 Å². The average Bonchev–Trinajstić information content (AvgIpc) is 3.65. The highest BCUT2D eigenvalue weighted by Crippen LogP contribution is 2.50. The molecule has 3 atom stereocenters. The van der Waals surface area contributed by atoms with Crippen molar-refractivity contribution in [3.8, 4) is 17.3 Å². The lowest BCUT2D eigenvalue weighted by Crippen LogP contribution is -2.59. The number of β-amino-alcohol motifs (C(OH)–C–C–N with tert-alkyl or cyclic N) is 1. The van der Waals surface area contributed by atoms with E-state index < -0.39 is 11.4 Å². The molecular formula is C35H43ClFN7O4. The maximum Gasteiger partial charge on any atom is 0.319 e. The number of ether oxygens (including phenoxy) is 3. The Labute approximate surface area is 284 Å². The summed E-state index contributed by atoms with van der Waals surface area (Å²) in [6.07, 6.45) is 11.4. The number of fused-ring (bicyclic) bond motifs is 3. The normalized spacial score (nSPS) is 29.6. The Balaban J connectivity index is 1.19. The lowest BCUT2D eigenvalue weighted by molar-refractivity contribution is -0.0845. The molecule has 0 amide bonds. The van der Waals surface area contributed by atoms with Crippen LogP contribution in [0.5, 0.6) is 6.01 Å². The van der Waals surface area contributed by atoms with E-state index >= 15 is 4.39 Å². The van der Waals surface area contributed by atoms with Crippen LogP contribution in [0.4, 0.5) is 10.2 Å². The molecule has 2 aliphatic carbocycles. The molecule has 2 saturated carbocycles. The van der Waals surface area contributed by atoms with Crippen molar-refractivity contribution in [2.75, 3.05) is 51.5 Å². The van der Waals surface area contributed by atoms with Gasteiger partial charge >= 0.3 is 6.01 Å². The number of H-pyrrole nitrogens is 1. The van der Waals surface area contributed by atoms with Crippen molar-refractivity contribution in [3.05, 3.63) is 34.9 Å². The number of aromatic nitrogens is 5. The lowest BCUT2D eigenvalue weighted by Gasteiger charge is -2.53. The largest absolute Gasteiger partial charge is 0.463 e. The third-order valence-electron chi connectivity index (χ3n) is 11.3. The van der Waals surface area contributed by atoms with Crippen molar-refractivity contribution in [3.63, 3.8) is 0 Å². The molecule has 4 aliphatic rings. The molecule has 2 aliphatic heterocycles. The molecule has 4 aromatic rings. The molecule has 0 spiro atoms. The van der Waals surface area contributed by atoms with Gasteiger partial charge in [-0.05, 0) is 70.5 Å². The number of aliphatic hydroxyl groups is 1. The van der Waals surface area contributed by atoms with Gasteiger partial charge in [-0.15, -0.1) is 0 Å². The Morgan fingerprint density at radius 2 is 2.00 bits per heavy atom. The number of likely N-dealkylation sites (tertiary alicyclic amines) is 1. The molecule has 8 rings (SSSR count). The first kappa shape index (κ1) is 32.1. The lowest BCUT2D eigenvalue weighted by atomic mass is 9.73. The fraction of sp³-hybridized carbons (Fsp3) is 0.600. The second-order valence-electron chi connectivity index (χ2n) is 14.6. The molecule has 2 N–H and O–H groups in total. The van der Waals surface area contributed by atoms with Crippen LogP contribution in [0.15, 0.2) is 18.5 Å². The molecule has 48 heavy (non-hydrogen) atoms. The second kappa shape index (κ2) is 12.3. The Hall–Kier alpha value is -3.16. The summed E-state index contributed by atoms with van der Waals surface area (Å²) in [5.41, 5.74) is 1.03. The summed E-state index contributed by atoms with van der Waals surface area (Å²) < 4.78 is 34.8. The van der Waals surface area contributed by atoms with Gasteiger partial charge in [-0.2, -0.15) is 15.1 Å². The van der Waals surface area contributed by atoms with Gasteiger partial charge in [0.1, 0.15) is 22.6 Å². The quantitative estimate of drug-likeness (QED) is 0.261. The molecule has 0 bridgehead atoms. The monoisotopic (exact) mass is 679 g/mol. The molecule has 13 heteroatoms. The van der Waals surface area contributed by atoms with Gasteiger partial charge in [0.15, 0.2) is 5.82 Å². The topological polar surface area (TPSA) is 122 Å². The minimum Gasteiger partial charge on any atom is -0.463 e. The highest BCUT2D eigenvalue weighted by Gasteiger charge is 2.51. The molecule has 11 nitrogen and oxygen atoms in total. The standard InChI is InChI=1S/C35H43ClFN7O4/c1-20-25(36)14-26-23(16-39-42-26)28(20)31-29(37)30-24(15-38-31)32(43-10-11-47-18-34(2,45)17-43)41-33(40-30)48-19-35-7-4-6-27(35)44(9-5-8-35)21-12-22(13-21)46-3/h14-16,21-22,27,45H,4-13,17-19H2,1-3H3,(H,39,42). The van der Waals surface area contributed by atoms with E-state index in [0.29, 0.717) is 76.2 Å². The van der Waals surface area contributed by atoms with Crippen LogP contribution in [-0.2, 0) is 9.47 Å². The summed E-state index contributed by atoms with van der Waals surface area (Å²) in [6.45, 7) is 6.42. The highest BCUT2D eigenvalue weighted by molar-refractivity contribution is 6.32. The van der Waals surface area contributed by atoms with Crippen molar-refractivity contribution in [1.29, 1.82) is 0 Å². The van der Waals surface area contributed by atoms with Crippen molar-refractivity contribution in [2.45, 2.75) is 82.6 Å². The summed E-state index contributed by atoms with van der Waals surface area (Å²) in [5, 5.41) is 19.8. The number of halogens is 2. The van der Waals surface area contributed by atoms with Crippen LogP contribution >= 0.6 is 11.6 Å². The number of methoxy groups -OCH3 is 1.